The van der Waals surface area contributed by atoms with Gasteiger partial charge in [-0.15, -0.1) is 0 Å². The predicted octanol–water partition coefficient (Wildman–Crippen LogP) is 4.43. The fourth-order valence-electron chi connectivity index (χ4n) is 3.18. The lowest BCUT2D eigenvalue weighted by atomic mass is 10.2. The second kappa shape index (κ2) is 9.58. The summed E-state index contributed by atoms with van der Waals surface area (Å²) in [5, 5.41) is 19.9. The van der Waals surface area contributed by atoms with Gasteiger partial charge in [0.1, 0.15) is 11.2 Å². The van der Waals surface area contributed by atoms with Gasteiger partial charge in [-0.05, 0) is 62.4 Å². The zero-order valence-electron chi connectivity index (χ0n) is 17.5. The maximum absolute atomic E-state index is 12.5. The third kappa shape index (κ3) is 4.71. The summed E-state index contributed by atoms with van der Waals surface area (Å²) in [5.41, 5.74) is 2.93. The van der Waals surface area contributed by atoms with E-state index < -0.39 is 0 Å². The number of aromatic amines is 1. The molecule has 2 heterocycles. The van der Waals surface area contributed by atoms with Crippen LogP contribution in [0.3, 0.4) is 0 Å². The summed E-state index contributed by atoms with van der Waals surface area (Å²) in [6, 6.07) is 14.8. The van der Waals surface area contributed by atoms with Crippen LogP contribution in [0.15, 0.2) is 58.2 Å². The number of aromatic nitrogens is 4. The Labute approximate surface area is 197 Å². The molecule has 3 N–H and O–H groups in total. The van der Waals surface area contributed by atoms with E-state index in [-0.39, 0.29) is 17.1 Å². The van der Waals surface area contributed by atoms with E-state index in [9.17, 15) is 4.79 Å². The first kappa shape index (κ1) is 22.1. The maximum Gasteiger partial charge on any atom is 0.234 e. The molecule has 4 aromatic rings. The van der Waals surface area contributed by atoms with Crippen LogP contribution in [-0.4, -0.2) is 38.0 Å². The fourth-order valence-corrected chi connectivity index (χ4v) is 4.26. The third-order valence-corrected chi connectivity index (χ3v) is 6.11. The average molecular weight is 513 g/mol. The van der Waals surface area contributed by atoms with Gasteiger partial charge >= 0.3 is 0 Å². The molecule has 4 rings (SSSR count). The van der Waals surface area contributed by atoms with Crippen LogP contribution >= 0.6 is 27.7 Å². The van der Waals surface area contributed by atoms with E-state index in [2.05, 4.69) is 36.4 Å². The number of hydrogen-bond donors (Lipinski definition) is 3. The molecular weight excluding hydrogens is 492 g/mol. The molecule has 0 aliphatic carbocycles. The highest BCUT2D eigenvalue weighted by molar-refractivity contribution is 9.10. The lowest BCUT2D eigenvalue weighted by Crippen LogP contribution is -2.23. The standard InChI is InChI=1S/C22H21BrN6O2S/c1-3-31-17-10-8-16(9-11-17)29-20(24)19-13(2)27-28-21(19)26-22(29)32-12-18(30)25-15-6-4-14(23)5-7-15/h4-11,24H,3,12H2,1-2H3,(H,25,30)(H,27,28). The molecule has 0 saturated heterocycles. The lowest BCUT2D eigenvalue weighted by Gasteiger charge is -2.14. The van der Waals surface area contributed by atoms with Crippen molar-refractivity contribution in [2.24, 2.45) is 0 Å². The number of nitrogens with zero attached hydrogens (tertiary/aromatic N) is 3. The Hall–Kier alpha value is -3.11. The SMILES string of the molecule is CCOc1ccc(-n2c(SCC(=O)Nc3ccc(Br)cc3)nc3n[nH]c(C)c3c2=N)cc1. The number of thioether (sulfide) groups is 1. The van der Waals surface area contributed by atoms with Gasteiger partial charge in [0.2, 0.25) is 5.91 Å². The van der Waals surface area contributed by atoms with Crippen molar-refractivity contribution in [1.82, 2.24) is 19.7 Å². The number of carbonyl (C=O) groups excluding carboxylic acids is 1. The highest BCUT2D eigenvalue weighted by atomic mass is 79.9. The molecule has 0 spiro atoms. The summed E-state index contributed by atoms with van der Waals surface area (Å²) in [6.07, 6.45) is 0. The molecule has 10 heteroatoms. The number of ether oxygens (including phenoxy) is 1. The summed E-state index contributed by atoms with van der Waals surface area (Å²) < 4.78 is 8.19. The number of fused-ring (bicyclic) bond motifs is 1. The monoisotopic (exact) mass is 512 g/mol. The minimum Gasteiger partial charge on any atom is -0.494 e. The Kier molecular flexibility index (Phi) is 6.61. The number of H-pyrrole nitrogens is 1. The van der Waals surface area contributed by atoms with E-state index in [1.165, 1.54) is 11.8 Å². The molecule has 0 radical (unpaired) electrons. The number of aryl methyl sites for hydroxylation is 1. The van der Waals surface area contributed by atoms with E-state index in [1.807, 2.05) is 62.4 Å². The van der Waals surface area contributed by atoms with Crippen molar-refractivity contribution in [1.29, 1.82) is 5.41 Å². The Morgan fingerprint density at radius 2 is 1.94 bits per heavy atom. The molecule has 0 unspecified atom stereocenters. The first-order valence-electron chi connectivity index (χ1n) is 9.90. The number of nitrogens with one attached hydrogen (secondary N) is 3. The van der Waals surface area contributed by atoms with Crippen LogP contribution in [0, 0.1) is 12.3 Å². The molecule has 164 valence electrons. The summed E-state index contributed by atoms with van der Waals surface area (Å²) >= 11 is 4.63. The first-order chi connectivity index (χ1) is 15.5. The summed E-state index contributed by atoms with van der Waals surface area (Å²) in [7, 11) is 0. The van der Waals surface area contributed by atoms with Gasteiger partial charge in [-0.2, -0.15) is 5.10 Å². The molecule has 2 aromatic carbocycles. The topological polar surface area (TPSA) is 109 Å². The molecule has 8 nitrogen and oxygen atoms in total. The number of halogens is 1. The van der Waals surface area contributed by atoms with E-state index in [0.717, 1.165) is 21.6 Å². The number of benzene rings is 2. The predicted molar refractivity (Wildman–Crippen MR) is 128 cm³/mol. The fraction of sp³-hybridized carbons (Fsp3) is 0.182. The smallest absolute Gasteiger partial charge is 0.234 e. The Balaban J connectivity index is 1.65. The third-order valence-electron chi connectivity index (χ3n) is 4.65. The second-order valence-corrected chi connectivity index (χ2v) is 8.75. The number of carbonyl (C=O) groups is 1. The minimum absolute atomic E-state index is 0.133. The van der Waals surface area contributed by atoms with E-state index in [0.29, 0.717) is 28.5 Å². The zero-order chi connectivity index (χ0) is 22.7. The average Bonchev–Trinajstić information content (AvgIpc) is 3.16. The first-order valence-corrected chi connectivity index (χ1v) is 11.7. The van der Waals surface area contributed by atoms with Crippen LogP contribution < -0.4 is 15.5 Å². The van der Waals surface area contributed by atoms with Crippen LogP contribution in [0.2, 0.25) is 0 Å². The number of rotatable bonds is 7. The second-order valence-electron chi connectivity index (χ2n) is 6.90. The van der Waals surface area contributed by atoms with Gasteiger partial charge in [0.15, 0.2) is 10.8 Å². The van der Waals surface area contributed by atoms with Gasteiger partial charge in [-0.1, -0.05) is 27.7 Å². The van der Waals surface area contributed by atoms with Gasteiger partial charge in [0.05, 0.1) is 17.7 Å². The largest absolute Gasteiger partial charge is 0.494 e. The highest BCUT2D eigenvalue weighted by Crippen LogP contribution is 2.23. The summed E-state index contributed by atoms with van der Waals surface area (Å²) in [5.74, 6) is 0.719. The van der Waals surface area contributed by atoms with E-state index >= 15 is 0 Å². The van der Waals surface area contributed by atoms with Crippen molar-refractivity contribution in [2.75, 3.05) is 17.7 Å². The van der Waals surface area contributed by atoms with Crippen molar-refractivity contribution in [3.63, 3.8) is 0 Å². The zero-order valence-corrected chi connectivity index (χ0v) is 19.9. The summed E-state index contributed by atoms with van der Waals surface area (Å²) in [6.45, 7) is 4.36. The van der Waals surface area contributed by atoms with Crippen molar-refractivity contribution >= 4 is 50.3 Å². The molecule has 2 aromatic heterocycles. The van der Waals surface area contributed by atoms with Crippen molar-refractivity contribution in [3.05, 3.63) is 64.2 Å². The molecular formula is C22H21BrN6O2S. The van der Waals surface area contributed by atoms with Crippen LogP contribution in [0.25, 0.3) is 16.7 Å². The molecule has 0 fully saturated rings. The van der Waals surface area contributed by atoms with Gasteiger partial charge in [0.25, 0.3) is 0 Å². The normalized spacial score (nSPS) is 11.0. The Bertz CT molecular complexity index is 1320. The van der Waals surface area contributed by atoms with Gasteiger partial charge in [0, 0.05) is 21.5 Å². The number of hydrogen-bond acceptors (Lipinski definition) is 6. The van der Waals surface area contributed by atoms with E-state index in [1.54, 1.807) is 4.57 Å². The Morgan fingerprint density at radius 1 is 1.22 bits per heavy atom. The lowest BCUT2D eigenvalue weighted by molar-refractivity contribution is -0.113. The number of amides is 1. The highest BCUT2D eigenvalue weighted by Gasteiger charge is 2.16. The molecule has 0 bridgehead atoms. The van der Waals surface area contributed by atoms with Gasteiger partial charge in [-0.3, -0.25) is 19.9 Å². The maximum atomic E-state index is 12.5. The molecule has 32 heavy (non-hydrogen) atoms. The minimum atomic E-state index is -0.165. The Morgan fingerprint density at radius 3 is 2.62 bits per heavy atom. The molecule has 0 saturated carbocycles. The quantitative estimate of drug-likeness (QED) is 0.250. The van der Waals surface area contributed by atoms with E-state index in [4.69, 9.17) is 10.1 Å². The molecule has 1 amide bonds. The van der Waals surface area contributed by atoms with Gasteiger partial charge < -0.3 is 10.1 Å². The van der Waals surface area contributed by atoms with Crippen LogP contribution in [0.5, 0.6) is 5.75 Å². The van der Waals surface area contributed by atoms with Crippen molar-refractivity contribution < 1.29 is 9.53 Å². The van der Waals surface area contributed by atoms with Crippen molar-refractivity contribution in [3.8, 4) is 11.4 Å². The van der Waals surface area contributed by atoms with Crippen LogP contribution in [0.1, 0.15) is 12.6 Å². The van der Waals surface area contributed by atoms with Gasteiger partial charge in [-0.25, -0.2) is 4.98 Å². The summed E-state index contributed by atoms with van der Waals surface area (Å²) in [4.78, 5) is 17.2. The van der Waals surface area contributed by atoms with Crippen LogP contribution in [-0.2, 0) is 4.79 Å². The van der Waals surface area contributed by atoms with Crippen molar-refractivity contribution in [2.45, 2.75) is 19.0 Å². The molecule has 0 aliphatic rings. The molecule has 0 atom stereocenters. The molecule has 0 aliphatic heterocycles. The van der Waals surface area contributed by atoms with Crippen LogP contribution in [0.4, 0.5) is 5.69 Å². The number of anilines is 1.